The molecule has 0 aromatic heterocycles. The van der Waals surface area contributed by atoms with E-state index < -0.39 is 5.97 Å². The van der Waals surface area contributed by atoms with Crippen LogP contribution in [0.1, 0.15) is 32.6 Å². The van der Waals surface area contributed by atoms with Crippen LogP contribution in [-0.4, -0.2) is 60.0 Å². The lowest BCUT2D eigenvalue weighted by Crippen LogP contribution is -2.47. The topological polar surface area (TPSA) is 60.9 Å². The second-order valence-electron chi connectivity index (χ2n) is 5.47. The third-order valence-electron chi connectivity index (χ3n) is 3.59. The van der Waals surface area contributed by atoms with Gasteiger partial charge in [0.25, 0.3) is 0 Å². The standard InChI is InChI=1S/C13H24N2O3/c1-10(8-13(17)18)7-12(16)15(3)11-5-4-6-14(2)9-11/h10-11H,4-9H2,1-3H3,(H,17,18). The Bertz CT molecular complexity index is 307. The van der Waals surface area contributed by atoms with E-state index in [1.807, 2.05) is 14.0 Å². The Hall–Kier alpha value is -1.10. The quantitative estimate of drug-likeness (QED) is 0.798. The molecule has 5 nitrogen and oxygen atoms in total. The van der Waals surface area contributed by atoms with Crippen molar-refractivity contribution in [2.75, 3.05) is 27.2 Å². The lowest BCUT2D eigenvalue weighted by molar-refractivity contribution is -0.138. The van der Waals surface area contributed by atoms with Crippen molar-refractivity contribution in [1.29, 1.82) is 0 Å². The Labute approximate surface area is 109 Å². The van der Waals surface area contributed by atoms with E-state index in [4.69, 9.17) is 5.11 Å². The van der Waals surface area contributed by atoms with Gasteiger partial charge in [-0.05, 0) is 32.4 Å². The highest BCUT2D eigenvalue weighted by Crippen LogP contribution is 2.16. The summed E-state index contributed by atoms with van der Waals surface area (Å²) in [5.41, 5.74) is 0. The first-order valence-electron chi connectivity index (χ1n) is 6.56. The van der Waals surface area contributed by atoms with Crippen LogP contribution in [0.25, 0.3) is 0 Å². The Morgan fingerprint density at radius 1 is 1.44 bits per heavy atom. The van der Waals surface area contributed by atoms with E-state index in [2.05, 4.69) is 11.9 Å². The number of carbonyl (C=O) groups excluding carboxylic acids is 1. The first-order valence-corrected chi connectivity index (χ1v) is 6.56. The van der Waals surface area contributed by atoms with Gasteiger partial charge in [-0.2, -0.15) is 0 Å². The largest absolute Gasteiger partial charge is 0.481 e. The Morgan fingerprint density at radius 2 is 2.11 bits per heavy atom. The second kappa shape index (κ2) is 6.73. The van der Waals surface area contributed by atoms with Gasteiger partial charge in [-0.3, -0.25) is 9.59 Å². The van der Waals surface area contributed by atoms with E-state index in [9.17, 15) is 9.59 Å². The number of piperidine rings is 1. The average Bonchev–Trinajstić information content (AvgIpc) is 2.26. The van der Waals surface area contributed by atoms with Crippen LogP contribution < -0.4 is 0 Å². The van der Waals surface area contributed by atoms with Crippen molar-refractivity contribution in [3.8, 4) is 0 Å². The molecule has 1 heterocycles. The van der Waals surface area contributed by atoms with E-state index in [1.165, 1.54) is 0 Å². The highest BCUT2D eigenvalue weighted by Gasteiger charge is 2.25. The zero-order chi connectivity index (χ0) is 13.7. The molecule has 0 radical (unpaired) electrons. The summed E-state index contributed by atoms with van der Waals surface area (Å²) < 4.78 is 0. The molecular weight excluding hydrogens is 232 g/mol. The maximum Gasteiger partial charge on any atom is 0.303 e. The van der Waals surface area contributed by atoms with Gasteiger partial charge in [-0.25, -0.2) is 0 Å². The van der Waals surface area contributed by atoms with Crippen LogP contribution in [0.5, 0.6) is 0 Å². The number of aliphatic carboxylic acids is 1. The summed E-state index contributed by atoms with van der Waals surface area (Å²) >= 11 is 0. The number of carboxylic acids is 1. The summed E-state index contributed by atoms with van der Waals surface area (Å²) in [6.07, 6.45) is 2.54. The van der Waals surface area contributed by atoms with Crippen molar-refractivity contribution in [1.82, 2.24) is 9.80 Å². The van der Waals surface area contributed by atoms with Gasteiger partial charge in [-0.15, -0.1) is 0 Å². The van der Waals surface area contributed by atoms with Crippen LogP contribution in [0.2, 0.25) is 0 Å². The lowest BCUT2D eigenvalue weighted by Gasteiger charge is -2.36. The third-order valence-corrected chi connectivity index (χ3v) is 3.59. The fraction of sp³-hybridized carbons (Fsp3) is 0.846. The molecule has 0 aromatic rings. The number of likely N-dealkylation sites (N-methyl/N-ethyl adjacent to an activating group) is 2. The Morgan fingerprint density at radius 3 is 2.67 bits per heavy atom. The van der Waals surface area contributed by atoms with Crippen LogP contribution >= 0.6 is 0 Å². The molecule has 1 amide bonds. The molecule has 5 heteroatoms. The van der Waals surface area contributed by atoms with Gasteiger partial charge < -0.3 is 14.9 Å². The minimum absolute atomic E-state index is 0.0593. The molecular formula is C13H24N2O3. The molecule has 2 unspecified atom stereocenters. The van der Waals surface area contributed by atoms with E-state index in [1.54, 1.807) is 4.90 Å². The zero-order valence-electron chi connectivity index (χ0n) is 11.6. The van der Waals surface area contributed by atoms with E-state index in [0.29, 0.717) is 6.42 Å². The maximum absolute atomic E-state index is 12.1. The van der Waals surface area contributed by atoms with Crippen molar-refractivity contribution in [2.45, 2.75) is 38.6 Å². The number of likely N-dealkylation sites (tertiary alicyclic amines) is 1. The molecule has 1 saturated heterocycles. The van der Waals surface area contributed by atoms with E-state index in [0.717, 1.165) is 25.9 Å². The number of nitrogens with zero attached hydrogens (tertiary/aromatic N) is 2. The number of carboxylic acid groups (broad SMARTS) is 1. The molecule has 0 spiro atoms. The normalized spacial score (nSPS) is 22.5. The minimum atomic E-state index is -0.838. The summed E-state index contributed by atoms with van der Waals surface area (Å²) in [4.78, 5) is 26.7. The predicted molar refractivity (Wildman–Crippen MR) is 69.3 cm³/mol. The molecule has 0 bridgehead atoms. The fourth-order valence-electron chi connectivity index (χ4n) is 2.47. The van der Waals surface area contributed by atoms with Gasteiger partial charge in [0.2, 0.25) is 5.91 Å². The monoisotopic (exact) mass is 256 g/mol. The van der Waals surface area contributed by atoms with E-state index in [-0.39, 0.29) is 24.3 Å². The SMILES string of the molecule is CC(CC(=O)O)CC(=O)N(C)C1CCCN(C)C1. The number of amides is 1. The molecule has 0 aromatic carbocycles. The summed E-state index contributed by atoms with van der Waals surface area (Å²) in [5, 5.41) is 8.69. The van der Waals surface area contributed by atoms with Gasteiger partial charge in [0.15, 0.2) is 0 Å². The first-order chi connectivity index (χ1) is 8.40. The van der Waals surface area contributed by atoms with Crippen molar-refractivity contribution in [3.63, 3.8) is 0 Å². The Balaban J connectivity index is 2.42. The fourth-order valence-corrected chi connectivity index (χ4v) is 2.47. The van der Waals surface area contributed by atoms with Crippen LogP contribution in [0.3, 0.4) is 0 Å². The van der Waals surface area contributed by atoms with Crippen molar-refractivity contribution in [3.05, 3.63) is 0 Å². The molecule has 18 heavy (non-hydrogen) atoms. The van der Waals surface area contributed by atoms with E-state index >= 15 is 0 Å². The average molecular weight is 256 g/mol. The maximum atomic E-state index is 12.1. The third kappa shape index (κ3) is 4.64. The van der Waals surface area contributed by atoms with Crippen LogP contribution in [0.4, 0.5) is 0 Å². The number of hydrogen-bond acceptors (Lipinski definition) is 3. The van der Waals surface area contributed by atoms with Crippen molar-refractivity contribution < 1.29 is 14.7 Å². The molecule has 1 N–H and O–H groups in total. The van der Waals surface area contributed by atoms with Crippen molar-refractivity contribution >= 4 is 11.9 Å². The predicted octanol–water partition coefficient (Wildman–Crippen LogP) is 1.04. The number of carbonyl (C=O) groups is 2. The van der Waals surface area contributed by atoms with Crippen LogP contribution in [0, 0.1) is 5.92 Å². The molecule has 1 fully saturated rings. The highest BCUT2D eigenvalue weighted by atomic mass is 16.4. The number of rotatable bonds is 5. The summed E-state index contributed by atoms with van der Waals surface area (Å²) in [5.74, 6) is -0.877. The van der Waals surface area contributed by atoms with Gasteiger partial charge in [0.05, 0.1) is 0 Å². The molecule has 2 atom stereocenters. The lowest BCUT2D eigenvalue weighted by atomic mass is 10.0. The molecule has 1 rings (SSSR count). The Kier molecular flexibility index (Phi) is 5.59. The van der Waals surface area contributed by atoms with Gasteiger partial charge in [0.1, 0.15) is 0 Å². The summed E-state index contributed by atoms with van der Waals surface area (Å²) in [6, 6.07) is 0.272. The zero-order valence-corrected chi connectivity index (χ0v) is 11.6. The first kappa shape index (κ1) is 15.0. The second-order valence-corrected chi connectivity index (χ2v) is 5.47. The molecule has 0 saturated carbocycles. The number of hydrogen-bond donors (Lipinski definition) is 1. The summed E-state index contributed by atoms with van der Waals surface area (Å²) in [6.45, 7) is 3.82. The van der Waals surface area contributed by atoms with Gasteiger partial charge in [-0.1, -0.05) is 6.92 Å². The van der Waals surface area contributed by atoms with Gasteiger partial charge in [0, 0.05) is 32.5 Å². The smallest absolute Gasteiger partial charge is 0.303 e. The highest BCUT2D eigenvalue weighted by molar-refractivity contribution is 5.77. The van der Waals surface area contributed by atoms with Crippen molar-refractivity contribution in [2.24, 2.45) is 5.92 Å². The van der Waals surface area contributed by atoms with Crippen LogP contribution in [-0.2, 0) is 9.59 Å². The summed E-state index contributed by atoms with van der Waals surface area (Å²) in [7, 11) is 3.90. The molecule has 1 aliphatic heterocycles. The van der Waals surface area contributed by atoms with Gasteiger partial charge >= 0.3 is 5.97 Å². The molecule has 0 aliphatic carbocycles. The minimum Gasteiger partial charge on any atom is -0.481 e. The molecule has 1 aliphatic rings. The van der Waals surface area contributed by atoms with Crippen LogP contribution in [0.15, 0.2) is 0 Å². The molecule has 104 valence electrons.